The second-order valence-corrected chi connectivity index (χ2v) is 6.67. The van der Waals surface area contributed by atoms with Crippen LogP contribution in [0.5, 0.6) is 0 Å². The van der Waals surface area contributed by atoms with E-state index in [4.69, 9.17) is 0 Å². The van der Waals surface area contributed by atoms with E-state index >= 15 is 0 Å². The molecule has 0 saturated carbocycles. The number of hydrogen-bond donors (Lipinski definition) is 1. The predicted octanol–water partition coefficient (Wildman–Crippen LogP) is 4.24. The molecule has 0 spiro atoms. The first kappa shape index (κ1) is 13.1. The summed E-state index contributed by atoms with van der Waals surface area (Å²) in [6.45, 7) is 0. The fourth-order valence-electron chi connectivity index (χ4n) is 4.92. The summed E-state index contributed by atoms with van der Waals surface area (Å²) in [5.74, 6) is 0.180. The highest BCUT2D eigenvalue weighted by Crippen LogP contribution is 2.61. The molecule has 1 unspecified atom stereocenters. The SMILES string of the molecule is OC1c2ccccc2[C@]2(c3ccccc3)c3ccccc3C[C@H]12. The average molecular weight is 298 g/mol. The van der Waals surface area contributed by atoms with Crippen LogP contribution < -0.4 is 0 Å². The van der Waals surface area contributed by atoms with E-state index in [0.29, 0.717) is 0 Å². The average Bonchev–Trinajstić information content (AvgIpc) is 3.09. The molecule has 2 aliphatic rings. The Morgan fingerprint density at radius 1 is 0.739 bits per heavy atom. The van der Waals surface area contributed by atoms with Gasteiger partial charge >= 0.3 is 0 Å². The van der Waals surface area contributed by atoms with Gasteiger partial charge in [-0.25, -0.2) is 0 Å². The lowest BCUT2D eigenvalue weighted by Crippen LogP contribution is -2.31. The van der Waals surface area contributed by atoms with Gasteiger partial charge in [-0.1, -0.05) is 78.9 Å². The zero-order valence-electron chi connectivity index (χ0n) is 12.8. The first-order chi connectivity index (χ1) is 11.3. The van der Waals surface area contributed by atoms with Gasteiger partial charge in [-0.3, -0.25) is 0 Å². The Kier molecular flexibility index (Phi) is 2.60. The molecule has 0 aliphatic heterocycles. The van der Waals surface area contributed by atoms with Crippen molar-refractivity contribution in [3.05, 3.63) is 107 Å². The second-order valence-electron chi connectivity index (χ2n) is 6.67. The van der Waals surface area contributed by atoms with E-state index in [1.165, 1.54) is 22.3 Å². The van der Waals surface area contributed by atoms with Gasteiger partial charge < -0.3 is 5.11 Å². The monoisotopic (exact) mass is 298 g/mol. The molecule has 0 amide bonds. The van der Waals surface area contributed by atoms with Crippen molar-refractivity contribution in [1.82, 2.24) is 0 Å². The van der Waals surface area contributed by atoms with Gasteiger partial charge in [0.2, 0.25) is 0 Å². The highest BCUT2D eigenvalue weighted by atomic mass is 16.3. The van der Waals surface area contributed by atoms with Gasteiger partial charge in [0.15, 0.2) is 0 Å². The topological polar surface area (TPSA) is 20.2 Å². The van der Waals surface area contributed by atoms with Crippen molar-refractivity contribution < 1.29 is 5.11 Å². The minimum Gasteiger partial charge on any atom is -0.388 e. The van der Waals surface area contributed by atoms with E-state index in [2.05, 4.69) is 72.8 Å². The molecule has 1 heteroatoms. The van der Waals surface area contributed by atoms with Crippen LogP contribution in [0.4, 0.5) is 0 Å². The maximum absolute atomic E-state index is 11.1. The van der Waals surface area contributed by atoms with Crippen molar-refractivity contribution in [3.8, 4) is 0 Å². The van der Waals surface area contributed by atoms with E-state index in [0.717, 1.165) is 12.0 Å². The molecule has 1 nitrogen and oxygen atoms in total. The van der Waals surface area contributed by atoms with E-state index < -0.39 is 6.10 Å². The normalized spacial score (nSPS) is 27.3. The fourth-order valence-corrected chi connectivity index (χ4v) is 4.92. The minimum atomic E-state index is -0.404. The lowest BCUT2D eigenvalue weighted by molar-refractivity contribution is 0.108. The third-order valence-corrected chi connectivity index (χ3v) is 5.75. The van der Waals surface area contributed by atoms with Gasteiger partial charge in [-0.2, -0.15) is 0 Å². The summed E-state index contributed by atoms with van der Waals surface area (Å²) >= 11 is 0. The molecule has 0 bridgehead atoms. The van der Waals surface area contributed by atoms with Crippen LogP contribution in [0.2, 0.25) is 0 Å². The molecule has 0 aromatic heterocycles. The largest absolute Gasteiger partial charge is 0.388 e. The second kappa shape index (κ2) is 4.56. The lowest BCUT2D eigenvalue weighted by Gasteiger charge is -2.33. The fraction of sp³-hybridized carbons (Fsp3) is 0.182. The summed E-state index contributed by atoms with van der Waals surface area (Å²) in [4.78, 5) is 0. The van der Waals surface area contributed by atoms with Crippen molar-refractivity contribution >= 4 is 0 Å². The molecule has 23 heavy (non-hydrogen) atoms. The number of fused-ring (bicyclic) bond motifs is 5. The smallest absolute Gasteiger partial charge is 0.0839 e. The van der Waals surface area contributed by atoms with Crippen molar-refractivity contribution in [2.75, 3.05) is 0 Å². The van der Waals surface area contributed by atoms with E-state index in [1.807, 2.05) is 6.07 Å². The molecule has 5 rings (SSSR count). The number of benzene rings is 3. The maximum atomic E-state index is 11.1. The van der Waals surface area contributed by atoms with Crippen LogP contribution in [0.1, 0.15) is 33.9 Å². The molecule has 1 N–H and O–H groups in total. The Balaban J connectivity index is 1.91. The minimum absolute atomic E-state index is 0.180. The molecule has 3 aromatic carbocycles. The molecule has 2 aliphatic carbocycles. The van der Waals surface area contributed by atoms with Gasteiger partial charge in [-0.05, 0) is 34.2 Å². The molecule has 0 heterocycles. The number of aliphatic hydroxyl groups excluding tert-OH is 1. The maximum Gasteiger partial charge on any atom is 0.0839 e. The molecular formula is C22H18O. The van der Waals surface area contributed by atoms with Crippen molar-refractivity contribution in [1.29, 1.82) is 0 Å². The first-order valence-corrected chi connectivity index (χ1v) is 8.25. The quantitative estimate of drug-likeness (QED) is 0.712. The third kappa shape index (κ3) is 1.50. The molecule has 0 radical (unpaired) electrons. The van der Waals surface area contributed by atoms with E-state index in [9.17, 15) is 5.11 Å². The first-order valence-electron chi connectivity index (χ1n) is 8.25. The summed E-state index contributed by atoms with van der Waals surface area (Å²) < 4.78 is 0. The highest BCUT2D eigenvalue weighted by Gasteiger charge is 2.57. The molecular weight excluding hydrogens is 280 g/mol. The zero-order chi connectivity index (χ0) is 15.4. The predicted molar refractivity (Wildman–Crippen MR) is 91.4 cm³/mol. The summed E-state index contributed by atoms with van der Waals surface area (Å²) in [7, 11) is 0. The van der Waals surface area contributed by atoms with Crippen molar-refractivity contribution in [2.24, 2.45) is 5.92 Å². The highest BCUT2D eigenvalue weighted by molar-refractivity contribution is 5.63. The molecule has 0 saturated heterocycles. The summed E-state index contributed by atoms with van der Waals surface area (Å²) in [5.41, 5.74) is 6.17. The standard InChI is InChI=1S/C22H18O/c23-21-17-11-5-7-13-19(17)22(16-9-2-1-3-10-16)18-12-6-4-8-15(18)14-20(21)22/h1-13,20-21,23H,14H2/t20-,21?,22+/m1/s1. The van der Waals surface area contributed by atoms with Gasteiger partial charge in [0.05, 0.1) is 11.5 Å². The van der Waals surface area contributed by atoms with E-state index in [-0.39, 0.29) is 11.3 Å². The van der Waals surface area contributed by atoms with Crippen LogP contribution in [0.15, 0.2) is 78.9 Å². The van der Waals surface area contributed by atoms with Crippen LogP contribution in [-0.2, 0) is 11.8 Å². The van der Waals surface area contributed by atoms with Gasteiger partial charge in [0.1, 0.15) is 0 Å². The van der Waals surface area contributed by atoms with E-state index in [1.54, 1.807) is 0 Å². The van der Waals surface area contributed by atoms with Gasteiger partial charge in [0.25, 0.3) is 0 Å². The summed E-state index contributed by atoms with van der Waals surface area (Å²) in [6.07, 6.45) is 0.528. The molecule has 112 valence electrons. The third-order valence-electron chi connectivity index (χ3n) is 5.75. The molecule has 3 atom stereocenters. The van der Waals surface area contributed by atoms with Crippen LogP contribution >= 0.6 is 0 Å². The summed E-state index contributed by atoms with van der Waals surface area (Å²) in [6, 6.07) is 27.8. The Labute approximate surface area is 136 Å². The Hall–Kier alpha value is -2.38. The Morgan fingerprint density at radius 3 is 2.22 bits per heavy atom. The molecule has 3 aromatic rings. The Bertz CT molecular complexity index is 883. The van der Waals surface area contributed by atoms with Crippen LogP contribution in [0.25, 0.3) is 0 Å². The van der Waals surface area contributed by atoms with Gasteiger partial charge in [0, 0.05) is 5.92 Å². The van der Waals surface area contributed by atoms with Crippen molar-refractivity contribution in [3.63, 3.8) is 0 Å². The van der Waals surface area contributed by atoms with Crippen molar-refractivity contribution in [2.45, 2.75) is 17.9 Å². The molecule has 0 fully saturated rings. The number of aliphatic hydroxyl groups is 1. The van der Waals surface area contributed by atoms with Crippen LogP contribution in [0.3, 0.4) is 0 Å². The number of rotatable bonds is 1. The zero-order valence-corrected chi connectivity index (χ0v) is 12.8. The van der Waals surface area contributed by atoms with Gasteiger partial charge in [-0.15, -0.1) is 0 Å². The van der Waals surface area contributed by atoms with Crippen LogP contribution in [-0.4, -0.2) is 5.11 Å². The summed E-state index contributed by atoms with van der Waals surface area (Å²) in [5, 5.41) is 11.1. The Morgan fingerprint density at radius 2 is 1.39 bits per heavy atom. The lowest BCUT2D eigenvalue weighted by atomic mass is 9.68. The number of hydrogen-bond acceptors (Lipinski definition) is 1. The van der Waals surface area contributed by atoms with Crippen LogP contribution in [0, 0.1) is 5.92 Å².